The van der Waals surface area contributed by atoms with Crippen molar-refractivity contribution in [2.24, 2.45) is 5.92 Å². The van der Waals surface area contributed by atoms with Crippen molar-refractivity contribution in [2.45, 2.75) is 57.5 Å². The Kier molecular flexibility index (Phi) is 7.33. The summed E-state index contributed by atoms with van der Waals surface area (Å²) in [5.74, 6) is 1.36. The molecule has 0 radical (unpaired) electrons. The van der Waals surface area contributed by atoms with Gasteiger partial charge in [0.05, 0.1) is 12.8 Å². The Balaban J connectivity index is 1.43. The number of amides is 1. The molecule has 5 heteroatoms. The van der Waals surface area contributed by atoms with Gasteiger partial charge in [0.15, 0.2) is 0 Å². The molecule has 4 nitrogen and oxygen atoms in total. The summed E-state index contributed by atoms with van der Waals surface area (Å²) < 4.78 is 19.2. The molecule has 1 amide bonds. The molecule has 1 saturated carbocycles. The molecule has 1 aliphatic heterocycles. The molecular weight excluding hydrogens is 439 g/mol. The predicted molar refractivity (Wildman–Crippen MR) is 136 cm³/mol. The van der Waals surface area contributed by atoms with Gasteiger partial charge >= 0.3 is 0 Å². The summed E-state index contributed by atoms with van der Waals surface area (Å²) in [5.41, 5.74) is 3.25. The fraction of sp³-hybridized carbons (Fsp3) is 0.433. The second-order valence-electron chi connectivity index (χ2n) is 10.3. The summed E-state index contributed by atoms with van der Waals surface area (Å²) in [7, 11) is 0. The summed E-state index contributed by atoms with van der Waals surface area (Å²) >= 11 is 0. The summed E-state index contributed by atoms with van der Waals surface area (Å²) in [4.78, 5) is 18.4. The molecule has 1 aromatic heterocycles. The number of halogens is 1. The summed E-state index contributed by atoms with van der Waals surface area (Å²) in [6.07, 6.45) is 7.38. The third kappa shape index (κ3) is 5.51. The van der Waals surface area contributed by atoms with Crippen LogP contribution < -0.4 is 0 Å². The zero-order valence-electron chi connectivity index (χ0n) is 20.5. The van der Waals surface area contributed by atoms with Gasteiger partial charge in [0.1, 0.15) is 11.6 Å². The van der Waals surface area contributed by atoms with Gasteiger partial charge in [-0.1, -0.05) is 43.5 Å². The first-order valence-electron chi connectivity index (χ1n) is 13.0. The maximum atomic E-state index is 13.8. The Morgan fingerprint density at radius 1 is 1.00 bits per heavy atom. The van der Waals surface area contributed by atoms with Crippen LogP contribution in [0, 0.1) is 18.7 Å². The Hall–Kier alpha value is -2.92. The van der Waals surface area contributed by atoms with Gasteiger partial charge in [0.2, 0.25) is 0 Å². The van der Waals surface area contributed by atoms with Gasteiger partial charge in [-0.3, -0.25) is 9.69 Å². The van der Waals surface area contributed by atoms with E-state index in [2.05, 4.69) is 41.0 Å². The van der Waals surface area contributed by atoms with Crippen molar-refractivity contribution >= 4 is 5.91 Å². The lowest BCUT2D eigenvalue weighted by molar-refractivity contribution is 0.0587. The zero-order valence-corrected chi connectivity index (χ0v) is 20.5. The third-order valence-electron chi connectivity index (χ3n) is 7.86. The van der Waals surface area contributed by atoms with Gasteiger partial charge in [-0.15, -0.1) is 0 Å². The maximum Gasteiger partial charge on any atom is 0.254 e. The summed E-state index contributed by atoms with van der Waals surface area (Å²) in [5, 5.41) is 0. The van der Waals surface area contributed by atoms with E-state index < -0.39 is 0 Å². The minimum atomic E-state index is -0.310. The van der Waals surface area contributed by atoms with Gasteiger partial charge in [0.25, 0.3) is 5.91 Å². The van der Waals surface area contributed by atoms with E-state index >= 15 is 0 Å². The Morgan fingerprint density at radius 2 is 1.77 bits per heavy atom. The van der Waals surface area contributed by atoms with E-state index in [-0.39, 0.29) is 17.8 Å². The highest BCUT2D eigenvalue weighted by molar-refractivity contribution is 5.94. The van der Waals surface area contributed by atoms with E-state index in [4.69, 9.17) is 4.42 Å². The number of hydrogen-bond donors (Lipinski definition) is 0. The fourth-order valence-corrected chi connectivity index (χ4v) is 6.05. The predicted octanol–water partition coefficient (Wildman–Crippen LogP) is 6.42. The third-order valence-corrected chi connectivity index (χ3v) is 7.86. The monoisotopic (exact) mass is 474 g/mol. The zero-order chi connectivity index (χ0) is 24.2. The Labute approximate surface area is 207 Å². The van der Waals surface area contributed by atoms with Crippen LogP contribution in [0.5, 0.6) is 0 Å². The molecule has 0 spiro atoms. The quantitative estimate of drug-likeness (QED) is 0.397. The normalized spacial score (nSPS) is 21.3. The minimum absolute atomic E-state index is 0.0323. The van der Waals surface area contributed by atoms with E-state index in [1.54, 1.807) is 18.4 Å². The van der Waals surface area contributed by atoms with Gasteiger partial charge in [-0.2, -0.15) is 0 Å². The standard InChI is InChI=1S/C30H35FN2O2/c1-22-8-5-6-12-28(22)29-21-32(20-27-11-7-17-35-27)18-24(29)19-33(26-9-3-2-4-10-26)30(34)23-13-15-25(31)16-14-23/h5-8,11-17,24,26,29H,2-4,9-10,18-21H2,1H3/t24-,29-/m0/s1. The van der Waals surface area contributed by atoms with Gasteiger partial charge in [-0.05, 0) is 73.2 Å². The molecule has 2 aliphatic rings. The number of nitrogens with zero attached hydrogens (tertiary/aromatic N) is 2. The average Bonchev–Trinajstić information content (AvgIpc) is 3.53. The van der Waals surface area contributed by atoms with E-state index in [0.29, 0.717) is 23.9 Å². The first-order chi connectivity index (χ1) is 17.1. The maximum absolute atomic E-state index is 13.8. The largest absolute Gasteiger partial charge is 0.468 e. The Bertz CT molecular complexity index is 1110. The van der Waals surface area contributed by atoms with Gasteiger partial charge in [0, 0.05) is 37.2 Å². The van der Waals surface area contributed by atoms with Crippen LogP contribution >= 0.6 is 0 Å². The fourth-order valence-electron chi connectivity index (χ4n) is 6.05. The van der Waals surface area contributed by atoms with Crippen molar-refractivity contribution in [1.29, 1.82) is 0 Å². The minimum Gasteiger partial charge on any atom is -0.468 e. The second-order valence-corrected chi connectivity index (χ2v) is 10.3. The number of likely N-dealkylation sites (tertiary alicyclic amines) is 1. The number of hydrogen-bond acceptors (Lipinski definition) is 3. The highest BCUT2D eigenvalue weighted by Crippen LogP contribution is 2.37. The molecule has 1 aliphatic carbocycles. The smallest absolute Gasteiger partial charge is 0.254 e. The summed E-state index contributed by atoms with van der Waals surface area (Å²) in [6.45, 7) is 5.54. The van der Waals surface area contributed by atoms with Crippen LogP contribution in [-0.2, 0) is 6.54 Å². The molecule has 2 heterocycles. The SMILES string of the molecule is Cc1ccccc1[C@H]1CN(Cc2ccco2)C[C@H]1CN(C(=O)c1ccc(F)cc1)C1CCCCC1. The van der Waals surface area contributed by atoms with Crippen molar-refractivity contribution in [3.05, 3.63) is 95.2 Å². The van der Waals surface area contributed by atoms with Crippen molar-refractivity contribution in [2.75, 3.05) is 19.6 Å². The van der Waals surface area contributed by atoms with E-state index in [1.165, 1.54) is 29.7 Å². The van der Waals surface area contributed by atoms with Crippen molar-refractivity contribution in [3.63, 3.8) is 0 Å². The number of carbonyl (C=O) groups is 1. The molecule has 0 N–H and O–H groups in total. The average molecular weight is 475 g/mol. The number of aryl methyl sites for hydroxylation is 1. The number of rotatable bonds is 7. The molecule has 5 rings (SSSR count). The lowest BCUT2D eigenvalue weighted by Crippen LogP contribution is -2.45. The van der Waals surface area contributed by atoms with E-state index in [1.807, 2.05) is 12.1 Å². The molecule has 1 saturated heterocycles. The number of furan rings is 1. The molecule has 3 aromatic rings. The number of carbonyl (C=O) groups excluding carboxylic acids is 1. The number of benzene rings is 2. The molecule has 2 fully saturated rings. The molecule has 2 aromatic carbocycles. The van der Waals surface area contributed by atoms with Crippen LogP contribution in [0.2, 0.25) is 0 Å². The molecule has 0 unspecified atom stereocenters. The van der Waals surface area contributed by atoms with E-state index in [9.17, 15) is 9.18 Å². The molecule has 0 bridgehead atoms. The summed E-state index contributed by atoms with van der Waals surface area (Å²) in [6, 6.07) is 18.9. The van der Waals surface area contributed by atoms with Crippen molar-refractivity contribution in [3.8, 4) is 0 Å². The van der Waals surface area contributed by atoms with Crippen LogP contribution in [-0.4, -0.2) is 41.4 Å². The molecule has 184 valence electrons. The van der Waals surface area contributed by atoms with Crippen molar-refractivity contribution in [1.82, 2.24) is 9.80 Å². The lowest BCUT2D eigenvalue weighted by atomic mass is 9.85. The molecular formula is C30H35FN2O2. The second kappa shape index (κ2) is 10.8. The van der Waals surface area contributed by atoms with Gasteiger partial charge in [-0.25, -0.2) is 4.39 Å². The first kappa shape index (κ1) is 23.8. The highest BCUT2D eigenvalue weighted by Gasteiger charge is 2.38. The lowest BCUT2D eigenvalue weighted by Gasteiger charge is -2.37. The van der Waals surface area contributed by atoms with Gasteiger partial charge < -0.3 is 9.32 Å². The molecule has 2 atom stereocenters. The van der Waals surface area contributed by atoms with Crippen LogP contribution in [0.25, 0.3) is 0 Å². The first-order valence-corrected chi connectivity index (χ1v) is 13.0. The van der Waals surface area contributed by atoms with Crippen LogP contribution in [0.15, 0.2) is 71.3 Å². The Morgan fingerprint density at radius 3 is 2.49 bits per heavy atom. The van der Waals surface area contributed by atoms with Crippen molar-refractivity contribution < 1.29 is 13.6 Å². The molecule has 35 heavy (non-hydrogen) atoms. The van der Waals surface area contributed by atoms with E-state index in [0.717, 1.165) is 51.1 Å². The van der Waals surface area contributed by atoms with Crippen LogP contribution in [0.1, 0.15) is 65.3 Å². The van der Waals surface area contributed by atoms with Crippen LogP contribution in [0.4, 0.5) is 4.39 Å². The topological polar surface area (TPSA) is 36.7 Å². The highest BCUT2D eigenvalue weighted by atomic mass is 19.1. The van der Waals surface area contributed by atoms with Crippen LogP contribution in [0.3, 0.4) is 0 Å².